The molecule has 7 heteroatoms. The maximum atomic E-state index is 11.3. The zero-order chi connectivity index (χ0) is 18.4. The predicted octanol–water partition coefficient (Wildman–Crippen LogP) is 3.83. The van der Waals surface area contributed by atoms with Crippen molar-refractivity contribution in [1.82, 2.24) is 0 Å². The molecule has 2 aromatic carbocycles. The van der Waals surface area contributed by atoms with Crippen LogP contribution in [0, 0.1) is 0 Å². The van der Waals surface area contributed by atoms with Crippen LogP contribution in [-0.2, 0) is 11.4 Å². The van der Waals surface area contributed by atoms with Gasteiger partial charge < -0.3 is 19.7 Å². The highest BCUT2D eigenvalue weighted by Crippen LogP contribution is 2.27. The summed E-state index contributed by atoms with van der Waals surface area (Å²) in [5, 5.41) is 18.0. The van der Waals surface area contributed by atoms with Gasteiger partial charge in [-0.25, -0.2) is 9.59 Å². The smallest absolute Gasteiger partial charge is 0.339 e. The van der Waals surface area contributed by atoms with E-state index >= 15 is 0 Å². The van der Waals surface area contributed by atoms with Crippen LogP contribution in [0.4, 0.5) is 0 Å². The van der Waals surface area contributed by atoms with Crippen LogP contribution in [0.3, 0.4) is 0 Å². The second-order valence-electron chi connectivity index (χ2n) is 4.98. The molecule has 2 N–H and O–H groups in total. The van der Waals surface area contributed by atoms with E-state index in [0.717, 1.165) is 6.08 Å². The molecule has 0 aliphatic heterocycles. The van der Waals surface area contributed by atoms with E-state index in [2.05, 4.69) is 15.9 Å². The minimum Gasteiger partial charge on any atom is -0.496 e. The first-order valence-corrected chi connectivity index (χ1v) is 7.93. The molecule has 2 aromatic rings. The Balaban J connectivity index is 2.26. The molecule has 2 rings (SSSR count). The second kappa shape index (κ2) is 8.34. The fraction of sp³-hybridized carbons (Fsp3) is 0.111. The third-order valence-corrected chi connectivity index (χ3v) is 3.77. The summed E-state index contributed by atoms with van der Waals surface area (Å²) in [6.07, 6.45) is 2.48. The Morgan fingerprint density at radius 3 is 2.48 bits per heavy atom. The SMILES string of the molecule is COc1ccc(C=CC(=O)O)cc1COc1ccc(Br)cc1C(=O)O. The maximum absolute atomic E-state index is 11.3. The van der Waals surface area contributed by atoms with Gasteiger partial charge in [0.25, 0.3) is 0 Å². The van der Waals surface area contributed by atoms with Crippen molar-refractivity contribution >= 4 is 33.9 Å². The van der Waals surface area contributed by atoms with E-state index in [-0.39, 0.29) is 17.9 Å². The summed E-state index contributed by atoms with van der Waals surface area (Å²) in [7, 11) is 1.51. The number of aromatic carboxylic acids is 1. The highest BCUT2D eigenvalue weighted by molar-refractivity contribution is 9.10. The van der Waals surface area contributed by atoms with Gasteiger partial charge in [-0.2, -0.15) is 0 Å². The van der Waals surface area contributed by atoms with Gasteiger partial charge in [0.15, 0.2) is 0 Å². The average molecular weight is 407 g/mol. The number of methoxy groups -OCH3 is 1. The molecule has 130 valence electrons. The van der Waals surface area contributed by atoms with E-state index in [0.29, 0.717) is 21.3 Å². The third-order valence-electron chi connectivity index (χ3n) is 3.28. The van der Waals surface area contributed by atoms with Crippen molar-refractivity contribution in [2.75, 3.05) is 7.11 Å². The van der Waals surface area contributed by atoms with Crippen LogP contribution >= 0.6 is 15.9 Å². The van der Waals surface area contributed by atoms with Gasteiger partial charge in [0.05, 0.1) is 7.11 Å². The first-order valence-electron chi connectivity index (χ1n) is 7.14. The fourth-order valence-electron chi connectivity index (χ4n) is 2.13. The van der Waals surface area contributed by atoms with E-state index in [4.69, 9.17) is 14.6 Å². The number of rotatable bonds is 7. The number of hydrogen-bond acceptors (Lipinski definition) is 4. The lowest BCUT2D eigenvalue weighted by Gasteiger charge is -2.13. The number of carboxylic acid groups (broad SMARTS) is 2. The van der Waals surface area contributed by atoms with Crippen molar-refractivity contribution in [3.05, 3.63) is 63.6 Å². The molecule has 0 saturated heterocycles. The minimum atomic E-state index is -1.10. The molecule has 0 aliphatic carbocycles. The summed E-state index contributed by atoms with van der Waals surface area (Å²) in [5.41, 5.74) is 1.36. The van der Waals surface area contributed by atoms with Gasteiger partial charge in [-0.3, -0.25) is 0 Å². The van der Waals surface area contributed by atoms with Gasteiger partial charge in [0.1, 0.15) is 23.7 Å². The van der Waals surface area contributed by atoms with E-state index < -0.39 is 11.9 Å². The van der Waals surface area contributed by atoms with Gasteiger partial charge in [0, 0.05) is 16.1 Å². The Kier molecular flexibility index (Phi) is 6.19. The van der Waals surface area contributed by atoms with Crippen molar-refractivity contribution in [1.29, 1.82) is 0 Å². The summed E-state index contributed by atoms with van der Waals surface area (Å²) in [5.74, 6) is -1.36. The van der Waals surface area contributed by atoms with Crippen molar-refractivity contribution < 1.29 is 29.3 Å². The molecule has 0 fully saturated rings. The standard InChI is InChI=1S/C18H15BrO6/c1-24-15-5-2-11(3-7-17(20)21)8-12(15)10-25-16-6-4-13(19)9-14(16)18(22)23/h2-9H,10H2,1H3,(H,20,21)(H,22,23). The van der Waals surface area contributed by atoms with Crippen molar-refractivity contribution in [3.8, 4) is 11.5 Å². The highest BCUT2D eigenvalue weighted by Gasteiger charge is 2.13. The zero-order valence-electron chi connectivity index (χ0n) is 13.2. The Morgan fingerprint density at radius 1 is 1.12 bits per heavy atom. The largest absolute Gasteiger partial charge is 0.496 e. The summed E-state index contributed by atoms with van der Waals surface area (Å²) in [6.45, 7) is 0.0693. The van der Waals surface area contributed by atoms with Crippen LogP contribution in [0.2, 0.25) is 0 Å². The Morgan fingerprint density at radius 2 is 1.84 bits per heavy atom. The molecule has 0 saturated carbocycles. The lowest BCUT2D eigenvalue weighted by atomic mass is 10.1. The van der Waals surface area contributed by atoms with Gasteiger partial charge >= 0.3 is 11.9 Å². The van der Waals surface area contributed by atoms with Crippen molar-refractivity contribution in [2.45, 2.75) is 6.61 Å². The average Bonchev–Trinajstić information content (AvgIpc) is 2.58. The molecule has 25 heavy (non-hydrogen) atoms. The molecule has 0 atom stereocenters. The Bertz CT molecular complexity index is 828. The Labute approximate surface area is 152 Å². The van der Waals surface area contributed by atoms with Crippen LogP contribution in [0.25, 0.3) is 6.08 Å². The molecule has 0 amide bonds. The number of halogens is 1. The lowest BCUT2D eigenvalue weighted by Crippen LogP contribution is -2.04. The monoisotopic (exact) mass is 406 g/mol. The molecule has 0 heterocycles. The molecule has 0 spiro atoms. The number of benzene rings is 2. The summed E-state index contributed by atoms with van der Waals surface area (Å²) < 4.78 is 11.5. The van der Waals surface area contributed by atoms with Gasteiger partial charge in [0.2, 0.25) is 0 Å². The van der Waals surface area contributed by atoms with Gasteiger partial charge in [-0.1, -0.05) is 22.0 Å². The third kappa shape index (κ3) is 5.09. The molecule has 0 radical (unpaired) electrons. The molecule has 0 bridgehead atoms. The van der Waals surface area contributed by atoms with Crippen molar-refractivity contribution in [2.24, 2.45) is 0 Å². The second-order valence-corrected chi connectivity index (χ2v) is 5.89. The predicted molar refractivity (Wildman–Crippen MR) is 95.1 cm³/mol. The van der Waals surface area contributed by atoms with E-state index in [9.17, 15) is 14.7 Å². The number of aliphatic carboxylic acids is 1. The zero-order valence-corrected chi connectivity index (χ0v) is 14.8. The molecule has 0 aliphatic rings. The van der Waals surface area contributed by atoms with Crippen LogP contribution in [0.5, 0.6) is 11.5 Å². The first kappa shape index (κ1) is 18.5. The fourth-order valence-corrected chi connectivity index (χ4v) is 2.49. The van der Waals surface area contributed by atoms with Crippen LogP contribution in [0.1, 0.15) is 21.5 Å². The molecular weight excluding hydrogens is 392 g/mol. The van der Waals surface area contributed by atoms with Crippen molar-refractivity contribution in [3.63, 3.8) is 0 Å². The number of ether oxygens (including phenoxy) is 2. The summed E-state index contributed by atoms with van der Waals surface area (Å²) in [6, 6.07) is 9.84. The minimum absolute atomic E-state index is 0.0373. The maximum Gasteiger partial charge on any atom is 0.339 e. The molecule has 0 aromatic heterocycles. The summed E-state index contributed by atoms with van der Waals surface area (Å²) in [4.78, 5) is 21.9. The normalized spacial score (nSPS) is 10.6. The molecule has 6 nitrogen and oxygen atoms in total. The van der Waals surface area contributed by atoms with Gasteiger partial charge in [-0.15, -0.1) is 0 Å². The number of carbonyl (C=O) groups is 2. The van der Waals surface area contributed by atoms with E-state index in [1.54, 1.807) is 30.3 Å². The topological polar surface area (TPSA) is 93.1 Å². The molecule has 0 unspecified atom stereocenters. The van der Waals surface area contributed by atoms with Gasteiger partial charge in [-0.05, 0) is 42.0 Å². The van der Waals surface area contributed by atoms with Crippen LogP contribution in [-0.4, -0.2) is 29.3 Å². The Hall–Kier alpha value is -2.80. The lowest BCUT2D eigenvalue weighted by molar-refractivity contribution is -0.131. The number of hydrogen-bond donors (Lipinski definition) is 2. The quantitative estimate of drug-likeness (QED) is 0.678. The number of carboxylic acids is 2. The first-order chi connectivity index (χ1) is 11.9. The highest BCUT2D eigenvalue weighted by atomic mass is 79.9. The van der Waals surface area contributed by atoms with E-state index in [1.165, 1.54) is 19.3 Å². The summed E-state index contributed by atoms with van der Waals surface area (Å²) >= 11 is 3.23. The van der Waals surface area contributed by atoms with E-state index in [1.807, 2.05) is 0 Å². The molecular formula is C18H15BrO6. The van der Waals surface area contributed by atoms with Crippen LogP contribution in [0.15, 0.2) is 46.9 Å². The van der Waals surface area contributed by atoms with Crippen LogP contribution < -0.4 is 9.47 Å².